The fourth-order valence-electron chi connectivity index (χ4n) is 2.19. The number of pyridine rings is 1. The zero-order chi connectivity index (χ0) is 15.7. The van der Waals surface area contributed by atoms with E-state index in [1.54, 1.807) is 12.1 Å². The fraction of sp³-hybridized carbons (Fsp3) is 0.0588. The average molecular weight is 313 g/mol. The van der Waals surface area contributed by atoms with Gasteiger partial charge in [0, 0.05) is 21.8 Å². The summed E-state index contributed by atoms with van der Waals surface area (Å²) in [6, 6.07) is 13.7. The van der Waals surface area contributed by atoms with Gasteiger partial charge in [-0.1, -0.05) is 23.7 Å². The minimum atomic E-state index is -0.424. The summed E-state index contributed by atoms with van der Waals surface area (Å²) >= 11 is 5.86. The SMILES string of the molecule is Cc1ccc2ccc(NC(=O)c3cc(Cl)ccc3O)cc2n1. The predicted octanol–water partition coefficient (Wildman–Crippen LogP) is 4.15. The Morgan fingerprint density at radius 1 is 1.14 bits per heavy atom. The maximum Gasteiger partial charge on any atom is 0.259 e. The van der Waals surface area contributed by atoms with Crippen LogP contribution in [0.3, 0.4) is 0 Å². The Kier molecular flexibility index (Phi) is 3.69. The number of phenolic OH excluding ortho intramolecular Hbond substituents is 1. The molecule has 110 valence electrons. The number of amides is 1. The fourth-order valence-corrected chi connectivity index (χ4v) is 2.36. The third kappa shape index (κ3) is 2.87. The third-order valence-electron chi connectivity index (χ3n) is 3.29. The van der Waals surface area contributed by atoms with E-state index in [4.69, 9.17) is 11.6 Å². The molecule has 4 nitrogen and oxygen atoms in total. The number of fused-ring (bicyclic) bond motifs is 1. The zero-order valence-corrected chi connectivity index (χ0v) is 12.6. The van der Waals surface area contributed by atoms with Gasteiger partial charge in [-0.25, -0.2) is 0 Å². The number of aromatic hydroxyl groups is 1. The molecule has 1 amide bonds. The van der Waals surface area contributed by atoms with Crippen LogP contribution in [0.15, 0.2) is 48.5 Å². The van der Waals surface area contributed by atoms with Gasteiger partial charge in [-0.3, -0.25) is 9.78 Å². The molecule has 0 atom stereocenters. The van der Waals surface area contributed by atoms with Crippen LogP contribution in [0.5, 0.6) is 5.75 Å². The molecule has 0 saturated carbocycles. The smallest absolute Gasteiger partial charge is 0.259 e. The molecule has 0 fully saturated rings. The van der Waals surface area contributed by atoms with Gasteiger partial charge in [0.05, 0.1) is 11.1 Å². The number of carbonyl (C=O) groups is 1. The van der Waals surface area contributed by atoms with E-state index in [9.17, 15) is 9.90 Å². The van der Waals surface area contributed by atoms with Crippen LogP contribution in [-0.4, -0.2) is 16.0 Å². The number of rotatable bonds is 2. The van der Waals surface area contributed by atoms with E-state index >= 15 is 0 Å². The normalized spacial score (nSPS) is 10.6. The molecule has 1 heterocycles. The summed E-state index contributed by atoms with van der Waals surface area (Å²) in [6.45, 7) is 1.91. The molecule has 0 aliphatic carbocycles. The lowest BCUT2D eigenvalue weighted by molar-refractivity contribution is 0.102. The van der Waals surface area contributed by atoms with Crippen LogP contribution >= 0.6 is 11.6 Å². The number of nitrogens with zero attached hydrogens (tertiary/aromatic N) is 1. The van der Waals surface area contributed by atoms with Gasteiger partial charge >= 0.3 is 0 Å². The van der Waals surface area contributed by atoms with E-state index in [2.05, 4.69) is 10.3 Å². The number of carbonyl (C=O) groups excluding carboxylic acids is 1. The Labute approximate surface area is 132 Å². The second-order valence-corrected chi connectivity index (χ2v) is 5.41. The van der Waals surface area contributed by atoms with Crippen LogP contribution in [0.4, 0.5) is 5.69 Å². The molecule has 2 aromatic carbocycles. The summed E-state index contributed by atoms with van der Waals surface area (Å²) in [7, 11) is 0. The minimum Gasteiger partial charge on any atom is -0.507 e. The molecule has 0 unspecified atom stereocenters. The molecule has 0 aliphatic rings. The van der Waals surface area contributed by atoms with Crippen molar-refractivity contribution in [3.05, 3.63) is 64.8 Å². The Balaban J connectivity index is 1.92. The van der Waals surface area contributed by atoms with Crippen LogP contribution in [0, 0.1) is 6.92 Å². The topological polar surface area (TPSA) is 62.2 Å². The minimum absolute atomic E-state index is 0.114. The Morgan fingerprint density at radius 3 is 2.73 bits per heavy atom. The van der Waals surface area contributed by atoms with Gasteiger partial charge in [0.25, 0.3) is 5.91 Å². The Morgan fingerprint density at radius 2 is 1.91 bits per heavy atom. The lowest BCUT2D eigenvalue weighted by Gasteiger charge is -2.08. The molecular formula is C17H13ClN2O2. The molecule has 5 heteroatoms. The van der Waals surface area contributed by atoms with Gasteiger partial charge < -0.3 is 10.4 Å². The first-order chi connectivity index (χ1) is 10.5. The van der Waals surface area contributed by atoms with E-state index in [-0.39, 0.29) is 11.3 Å². The van der Waals surface area contributed by atoms with E-state index in [0.29, 0.717) is 10.7 Å². The largest absolute Gasteiger partial charge is 0.507 e. The Bertz CT molecular complexity index is 878. The van der Waals surface area contributed by atoms with E-state index < -0.39 is 5.91 Å². The number of benzene rings is 2. The second kappa shape index (κ2) is 5.66. The quantitative estimate of drug-likeness (QED) is 0.747. The number of phenols is 1. The third-order valence-corrected chi connectivity index (χ3v) is 3.53. The monoisotopic (exact) mass is 312 g/mol. The lowest BCUT2D eigenvalue weighted by Crippen LogP contribution is -2.12. The van der Waals surface area contributed by atoms with Crippen molar-refractivity contribution < 1.29 is 9.90 Å². The van der Waals surface area contributed by atoms with Gasteiger partial charge in [0.1, 0.15) is 5.75 Å². The van der Waals surface area contributed by atoms with Crippen LogP contribution in [0.25, 0.3) is 10.9 Å². The van der Waals surface area contributed by atoms with Crippen molar-refractivity contribution in [2.45, 2.75) is 6.92 Å². The molecule has 0 bridgehead atoms. The van der Waals surface area contributed by atoms with Gasteiger partial charge in [-0.05, 0) is 43.3 Å². The number of halogens is 1. The summed E-state index contributed by atoms with van der Waals surface area (Å²) < 4.78 is 0. The van der Waals surface area contributed by atoms with Crippen LogP contribution in [-0.2, 0) is 0 Å². The van der Waals surface area contributed by atoms with Gasteiger partial charge in [-0.15, -0.1) is 0 Å². The summed E-state index contributed by atoms with van der Waals surface area (Å²) in [4.78, 5) is 16.7. The highest BCUT2D eigenvalue weighted by molar-refractivity contribution is 6.31. The number of anilines is 1. The van der Waals surface area contributed by atoms with E-state index in [1.165, 1.54) is 18.2 Å². The summed E-state index contributed by atoms with van der Waals surface area (Å²) in [6.07, 6.45) is 0. The molecule has 0 radical (unpaired) electrons. The van der Waals surface area contributed by atoms with Gasteiger partial charge in [0.2, 0.25) is 0 Å². The van der Waals surface area contributed by atoms with Crippen molar-refractivity contribution in [2.75, 3.05) is 5.32 Å². The van der Waals surface area contributed by atoms with Crippen LogP contribution in [0.2, 0.25) is 5.02 Å². The standard InChI is InChI=1S/C17H13ClN2O2/c1-10-2-3-11-4-6-13(9-15(11)19-10)20-17(22)14-8-12(18)5-7-16(14)21/h2-9,21H,1H3,(H,20,22). The van der Waals surface area contributed by atoms with Gasteiger partial charge in [0.15, 0.2) is 0 Å². The van der Waals surface area contributed by atoms with Crippen molar-refractivity contribution in [1.29, 1.82) is 0 Å². The molecule has 3 aromatic rings. The molecule has 0 saturated heterocycles. The Hall–Kier alpha value is -2.59. The van der Waals surface area contributed by atoms with Gasteiger partial charge in [-0.2, -0.15) is 0 Å². The molecule has 1 aromatic heterocycles. The summed E-state index contributed by atoms with van der Waals surface area (Å²) in [5, 5.41) is 13.9. The van der Waals surface area contributed by atoms with Crippen molar-refractivity contribution >= 4 is 34.1 Å². The average Bonchev–Trinajstić information content (AvgIpc) is 2.49. The van der Waals surface area contributed by atoms with Crippen molar-refractivity contribution in [1.82, 2.24) is 4.98 Å². The molecule has 22 heavy (non-hydrogen) atoms. The highest BCUT2D eigenvalue weighted by Gasteiger charge is 2.12. The summed E-state index contributed by atoms with van der Waals surface area (Å²) in [5.74, 6) is -0.538. The number of hydrogen-bond acceptors (Lipinski definition) is 3. The highest BCUT2D eigenvalue weighted by atomic mass is 35.5. The molecular weight excluding hydrogens is 300 g/mol. The highest BCUT2D eigenvalue weighted by Crippen LogP contribution is 2.24. The second-order valence-electron chi connectivity index (χ2n) is 4.98. The first-order valence-corrected chi connectivity index (χ1v) is 7.08. The number of aryl methyl sites for hydroxylation is 1. The summed E-state index contributed by atoms with van der Waals surface area (Å²) in [5.41, 5.74) is 2.44. The number of nitrogens with one attached hydrogen (secondary N) is 1. The number of hydrogen-bond donors (Lipinski definition) is 2. The number of aromatic nitrogens is 1. The van der Waals surface area contributed by atoms with Crippen molar-refractivity contribution in [2.24, 2.45) is 0 Å². The zero-order valence-electron chi connectivity index (χ0n) is 11.8. The van der Waals surface area contributed by atoms with Crippen molar-refractivity contribution in [3.63, 3.8) is 0 Å². The van der Waals surface area contributed by atoms with E-state index in [0.717, 1.165) is 16.6 Å². The lowest BCUT2D eigenvalue weighted by atomic mass is 10.1. The maximum absolute atomic E-state index is 12.2. The van der Waals surface area contributed by atoms with E-state index in [1.807, 2.05) is 25.1 Å². The van der Waals surface area contributed by atoms with Crippen LogP contribution < -0.4 is 5.32 Å². The molecule has 0 spiro atoms. The molecule has 0 aliphatic heterocycles. The predicted molar refractivity (Wildman–Crippen MR) is 87.6 cm³/mol. The maximum atomic E-state index is 12.2. The molecule has 3 rings (SSSR count). The van der Waals surface area contributed by atoms with Crippen LogP contribution in [0.1, 0.15) is 16.1 Å². The molecule has 2 N–H and O–H groups in total. The first kappa shape index (κ1) is 14.4. The first-order valence-electron chi connectivity index (χ1n) is 6.70. The van der Waals surface area contributed by atoms with Crippen molar-refractivity contribution in [3.8, 4) is 5.75 Å².